The van der Waals surface area contributed by atoms with Crippen LogP contribution < -0.4 is 0 Å². The number of hydrogen-bond donors (Lipinski definition) is 0. The van der Waals surface area contributed by atoms with Crippen molar-refractivity contribution in [3.63, 3.8) is 0 Å². The molecule has 2 fully saturated rings. The van der Waals surface area contributed by atoms with Gasteiger partial charge < -0.3 is 9.47 Å². The molecule has 0 aromatic heterocycles. The molecule has 4 rings (SSSR count). The Hall–Kier alpha value is -1.58. The summed E-state index contributed by atoms with van der Waals surface area (Å²) in [5.74, 6) is 1.22. The molecule has 0 aliphatic heterocycles. The maximum atomic E-state index is 12.7. The van der Waals surface area contributed by atoms with Crippen LogP contribution in [0.25, 0.3) is 0 Å². The molecule has 0 aromatic rings. The van der Waals surface area contributed by atoms with E-state index >= 15 is 0 Å². The van der Waals surface area contributed by atoms with Crippen molar-refractivity contribution in [2.24, 2.45) is 35.5 Å². The van der Waals surface area contributed by atoms with Gasteiger partial charge in [0.15, 0.2) is 0 Å². The molecule has 4 aliphatic carbocycles. The van der Waals surface area contributed by atoms with Gasteiger partial charge in [-0.3, -0.25) is 9.59 Å². The second kappa shape index (κ2) is 7.58. The summed E-state index contributed by atoms with van der Waals surface area (Å²) in [4.78, 5) is 25.3. The molecule has 4 bridgehead atoms. The lowest BCUT2D eigenvalue weighted by Gasteiger charge is -2.25. The second-order valence-corrected chi connectivity index (χ2v) is 8.57. The van der Waals surface area contributed by atoms with E-state index in [-0.39, 0.29) is 23.8 Å². The Bertz CT molecular complexity index is 559. The summed E-state index contributed by atoms with van der Waals surface area (Å²) in [5.41, 5.74) is 0. The van der Waals surface area contributed by atoms with Crippen molar-refractivity contribution < 1.29 is 19.1 Å². The molecular weight excluding hydrogens is 328 g/mol. The van der Waals surface area contributed by atoms with E-state index in [0.717, 1.165) is 44.9 Å². The SMILES string of the molecule is CCCCCC(OC(=O)C1CC2C=CC1C2)OC(=O)C1CC2C=CC1C2. The van der Waals surface area contributed by atoms with Crippen LogP contribution in [0.2, 0.25) is 0 Å². The minimum atomic E-state index is -0.715. The van der Waals surface area contributed by atoms with E-state index < -0.39 is 6.29 Å². The van der Waals surface area contributed by atoms with Crippen molar-refractivity contribution >= 4 is 11.9 Å². The maximum absolute atomic E-state index is 12.7. The number of fused-ring (bicyclic) bond motifs is 4. The molecule has 4 aliphatic rings. The van der Waals surface area contributed by atoms with Gasteiger partial charge in [0.05, 0.1) is 11.8 Å². The zero-order chi connectivity index (χ0) is 18.1. The van der Waals surface area contributed by atoms with Crippen LogP contribution in [0.5, 0.6) is 0 Å². The number of ether oxygens (including phenoxy) is 2. The number of esters is 2. The number of rotatable bonds is 8. The summed E-state index contributed by atoms with van der Waals surface area (Å²) in [6.07, 6.45) is 15.6. The van der Waals surface area contributed by atoms with Gasteiger partial charge in [-0.15, -0.1) is 0 Å². The first-order valence-electron chi connectivity index (χ1n) is 10.4. The van der Waals surface area contributed by atoms with E-state index in [1.807, 2.05) is 0 Å². The van der Waals surface area contributed by atoms with Crippen molar-refractivity contribution in [3.05, 3.63) is 24.3 Å². The Labute approximate surface area is 156 Å². The van der Waals surface area contributed by atoms with Crippen LogP contribution in [0.1, 0.15) is 58.3 Å². The van der Waals surface area contributed by atoms with E-state index in [0.29, 0.717) is 30.1 Å². The van der Waals surface area contributed by atoms with Crippen LogP contribution in [-0.2, 0) is 19.1 Å². The van der Waals surface area contributed by atoms with Gasteiger partial charge in [-0.2, -0.15) is 0 Å². The van der Waals surface area contributed by atoms with Crippen LogP contribution >= 0.6 is 0 Å². The number of carbonyl (C=O) groups excluding carboxylic acids is 2. The molecule has 0 spiro atoms. The van der Waals surface area contributed by atoms with Gasteiger partial charge in [0.1, 0.15) is 0 Å². The molecule has 0 saturated heterocycles. The van der Waals surface area contributed by atoms with Gasteiger partial charge in [0, 0.05) is 6.42 Å². The summed E-state index contributed by atoms with van der Waals surface area (Å²) in [7, 11) is 0. The van der Waals surface area contributed by atoms with Crippen LogP contribution in [0, 0.1) is 35.5 Å². The summed E-state index contributed by atoms with van der Waals surface area (Å²) >= 11 is 0. The topological polar surface area (TPSA) is 52.6 Å². The highest BCUT2D eigenvalue weighted by Gasteiger charge is 2.43. The zero-order valence-electron chi connectivity index (χ0n) is 15.6. The third-order valence-corrected chi connectivity index (χ3v) is 6.70. The molecule has 26 heavy (non-hydrogen) atoms. The van der Waals surface area contributed by atoms with Gasteiger partial charge in [-0.1, -0.05) is 44.1 Å². The third-order valence-electron chi connectivity index (χ3n) is 6.70. The van der Waals surface area contributed by atoms with Crippen molar-refractivity contribution in [2.45, 2.75) is 64.6 Å². The summed E-state index contributed by atoms with van der Waals surface area (Å²) in [6.45, 7) is 2.14. The fraction of sp³-hybridized carbons (Fsp3) is 0.727. The lowest BCUT2D eigenvalue weighted by molar-refractivity contribution is -0.196. The summed E-state index contributed by atoms with van der Waals surface area (Å²) < 4.78 is 11.4. The minimum Gasteiger partial charge on any atom is -0.425 e. The van der Waals surface area contributed by atoms with Gasteiger partial charge in [-0.05, 0) is 55.8 Å². The molecule has 142 valence electrons. The van der Waals surface area contributed by atoms with Crippen molar-refractivity contribution in [1.82, 2.24) is 0 Å². The Morgan fingerprint density at radius 1 is 0.846 bits per heavy atom. The Balaban J connectivity index is 1.34. The minimum absolute atomic E-state index is 0.0530. The molecule has 0 aromatic carbocycles. The Morgan fingerprint density at radius 3 is 1.77 bits per heavy atom. The van der Waals surface area contributed by atoms with Gasteiger partial charge in [0.25, 0.3) is 0 Å². The molecule has 6 unspecified atom stereocenters. The highest BCUT2D eigenvalue weighted by molar-refractivity contribution is 5.76. The van der Waals surface area contributed by atoms with Crippen LogP contribution in [0.3, 0.4) is 0 Å². The summed E-state index contributed by atoms with van der Waals surface area (Å²) in [6, 6.07) is 0. The predicted molar refractivity (Wildman–Crippen MR) is 97.8 cm³/mol. The highest BCUT2D eigenvalue weighted by Crippen LogP contribution is 2.45. The van der Waals surface area contributed by atoms with Gasteiger partial charge in [0.2, 0.25) is 6.29 Å². The third kappa shape index (κ3) is 3.60. The molecule has 4 nitrogen and oxygen atoms in total. The molecule has 4 heteroatoms. The standard InChI is InChI=1S/C22H30O4/c1-2-3-4-5-20(25-21(23)18-12-14-6-8-16(18)10-14)26-22(24)19-13-15-7-9-17(19)11-15/h6-9,14-20H,2-5,10-13H2,1H3. The molecule has 0 heterocycles. The van der Waals surface area contributed by atoms with Crippen molar-refractivity contribution in [1.29, 1.82) is 0 Å². The zero-order valence-corrected chi connectivity index (χ0v) is 15.6. The number of hydrogen-bond acceptors (Lipinski definition) is 4. The largest absolute Gasteiger partial charge is 0.425 e. The number of carbonyl (C=O) groups is 2. The van der Waals surface area contributed by atoms with Crippen LogP contribution in [-0.4, -0.2) is 18.2 Å². The molecule has 2 saturated carbocycles. The fourth-order valence-corrected chi connectivity index (χ4v) is 5.24. The lowest BCUT2D eigenvalue weighted by Crippen LogP contribution is -2.32. The number of allylic oxidation sites excluding steroid dienone is 4. The smallest absolute Gasteiger partial charge is 0.312 e. The van der Waals surface area contributed by atoms with Crippen molar-refractivity contribution in [2.75, 3.05) is 0 Å². The van der Waals surface area contributed by atoms with E-state index in [9.17, 15) is 9.59 Å². The van der Waals surface area contributed by atoms with E-state index in [4.69, 9.17) is 9.47 Å². The summed E-state index contributed by atoms with van der Waals surface area (Å²) in [5, 5.41) is 0. The molecule has 6 atom stereocenters. The normalized spacial score (nSPS) is 37.3. The highest BCUT2D eigenvalue weighted by atomic mass is 16.7. The molecular formula is C22H30O4. The van der Waals surface area contributed by atoms with Gasteiger partial charge in [-0.25, -0.2) is 0 Å². The van der Waals surface area contributed by atoms with E-state index in [2.05, 4.69) is 31.2 Å². The van der Waals surface area contributed by atoms with Gasteiger partial charge >= 0.3 is 11.9 Å². The number of unbranched alkanes of at least 4 members (excludes halogenated alkanes) is 2. The average Bonchev–Trinajstić information content (AvgIpc) is 3.41. The first-order valence-corrected chi connectivity index (χ1v) is 10.4. The van der Waals surface area contributed by atoms with E-state index in [1.54, 1.807) is 0 Å². The Morgan fingerprint density at radius 2 is 1.38 bits per heavy atom. The average molecular weight is 358 g/mol. The monoisotopic (exact) mass is 358 g/mol. The van der Waals surface area contributed by atoms with Crippen LogP contribution in [0.15, 0.2) is 24.3 Å². The van der Waals surface area contributed by atoms with Crippen molar-refractivity contribution in [3.8, 4) is 0 Å². The second-order valence-electron chi connectivity index (χ2n) is 8.57. The predicted octanol–water partition coefficient (Wildman–Crippen LogP) is 4.40. The quantitative estimate of drug-likeness (QED) is 0.279. The van der Waals surface area contributed by atoms with Crippen LogP contribution in [0.4, 0.5) is 0 Å². The van der Waals surface area contributed by atoms with E-state index in [1.165, 1.54) is 0 Å². The molecule has 0 N–H and O–H groups in total. The lowest BCUT2D eigenvalue weighted by atomic mass is 9.93. The fourth-order valence-electron chi connectivity index (χ4n) is 5.24. The Kier molecular flexibility index (Phi) is 5.19. The molecule has 0 radical (unpaired) electrons. The first-order chi connectivity index (χ1) is 12.6. The first kappa shape index (κ1) is 17.8. The maximum Gasteiger partial charge on any atom is 0.312 e. The molecule has 0 amide bonds.